The fourth-order valence-corrected chi connectivity index (χ4v) is 4.18. The van der Waals surface area contributed by atoms with Crippen LogP contribution in [0.1, 0.15) is 44.7 Å². The Balaban J connectivity index is 2.25. The maximum absolute atomic E-state index is 9.33. The van der Waals surface area contributed by atoms with Gasteiger partial charge in [0.2, 0.25) is 0 Å². The summed E-state index contributed by atoms with van der Waals surface area (Å²) in [5.74, 6) is 0.432. The highest BCUT2D eigenvalue weighted by Gasteiger charge is 2.56. The Hall–Kier alpha value is -0.400. The molecule has 2 rings (SSSR count). The fraction of sp³-hybridized carbons (Fsp3) is 0.588. The van der Waals surface area contributed by atoms with Crippen LogP contribution in [-0.4, -0.2) is 22.4 Å². The molecule has 0 aromatic heterocycles. The Morgan fingerprint density at radius 2 is 2.09 bits per heavy atom. The van der Waals surface area contributed by atoms with Crippen molar-refractivity contribution in [3.63, 3.8) is 0 Å². The summed E-state index contributed by atoms with van der Waals surface area (Å²) in [7, 11) is 0. The topological polar surface area (TPSA) is 44.3 Å². The molecule has 1 saturated carbocycles. The van der Waals surface area contributed by atoms with Crippen LogP contribution in [-0.2, 0) is 9.97 Å². The zero-order valence-electron chi connectivity index (χ0n) is 13.4. The van der Waals surface area contributed by atoms with Gasteiger partial charge in [-0.1, -0.05) is 46.9 Å². The first-order chi connectivity index (χ1) is 10.3. The van der Waals surface area contributed by atoms with Crippen LogP contribution in [0.25, 0.3) is 0 Å². The molecule has 1 fully saturated rings. The van der Waals surface area contributed by atoms with Crippen molar-refractivity contribution in [3.05, 3.63) is 35.4 Å². The van der Waals surface area contributed by atoms with Gasteiger partial charge in [-0.05, 0) is 62.9 Å². The smallest absolute Gasteiger partial charge is 0.167 e. The van der Waals surface area contributed by atoms with Crippen LogP contribution in [0.4, 0.5) is 0 Å². The molecule has 1 aliphatic rings. The van der Waals surface area contributed by atoms with E-state index in [1.165, 1.54) is 11.1 Å². The molecular weight excluding hydrogens is 407 g/mol. The molecule has 122 valence electrons. The third kappa shape index (κ3) is 4.11. The van der Waals surface area contributed by atoms with Gasteiger partial charge in [0.25, 0.3) is 0 Å². The lowest BCUT2D eigenvalue weighted by Crippen LogP contribution is -2.50. The Bertz CT molecular complexity index is 544. The summed E-state index contributed by atoms with van der Waals surface area (Å²) < 4.78 is 0.975. The van der Waals surface area contributed by atoms with Crippen molar-refractivity contribution in [2.45, 2.75) is 49.1 Å². The Labute approximate surface area is 152 Å². The lowest BCUT2D eigenvalue weighted by molar-refractivity contribution is 0.273. The van der Waals surface area contributed by atoms with Crippen LogP contribution in [0.3, 0.4) is 0 Å². The van der Waals surface area contributed by atoms with Crippen LogP contribution in [0.5, 0.6) is 0 Å². The summed E-state index contributed by atoms with van der Waals surface area (Å²) in [5.41, 5.74) is 2.48. The number of aliphatic hydroxyl groups excluding tert-OH is 1. The second-order valence-electron chi connectivity index (χ2n) is 7.00. The van der Waals surface area contributed by atoms with E-state index in [-0.39, 0.29) is 17.7 Å². The second-order valence-corrected chi connectivity index (χ2v) is 8.18. The first-order valence-corrected chi connectivity index (χ1v) is 9.61. The normalized spacial score (nSPS) is 24.0. The van der Waals surface area contributed by atoms with Crippen molar-refractivity contribution in [2.75, 3.05) is 6.61 Å². The summed E-state index contributed by atoms with van der Waals surface area (Å²) in [6.45, 7) is 6.53. The average molecular weight is 432 g/mol. The van der Waals surface area contributed by atoms with Gasteiger partial charge in [0.05, 0.1) is 5.54 Å². The molecule has 2 atom stereocenters. The van der Waals surface area contributed by atoms with Crippen LogP contribution in [0.2, 0.25) is 0 Å². The molecule has 0 bridgehead atoms. The SMILES string of the molecule is CC(C)(C)NC(=S)N[C@@]1(c2ccccc2CI)C[C@H]1CCO. The molecule has 0 unspecified atom stereocenters. The van der Waals surface area contributed by atoms with Gasteiger partial charge in [0.15, 0.2) is 5.11 Å². The van der Waals surface area contributed by atoms with Crippen LogP contribution in [0.15, 0.2) is 24.3 Å². The number of hydrogen-bond acceptors (Lipinski definition) is 2. The van der Waals surface area contributed by atoms with E-state index in [1.807, 2.05) is 0 Å². The minimum absolute atomic E-state index is 0.0601. The summed E-state index contributed by atoms with van der Waals surface area (Å²) in [6.07, 6.45) is 1.83. The van der Waals surface area contributed by atoms with Crippen LogP contribution >= 0.6 is 34.8 Å². The minimum Gasteiger partial charge on any atom is -0.396 e. The highest BCUT2D eigenvalue weighted by molar-refractivity contribution is 14.1. The van der Waals surface area contributed by atoms with E-state index >= 15 is 0 Å². The molecule has 3 nitrogen and oxygen atoms in total. The average Bonchev–Trinajstić information content (AvgIpc) is 3.10. The lowest BCUT2D eigenvalue weighted by Gasteiger charge is -2.29. The Morgan fingerprint density at radius 1 is 1.41 bits per heavy atom. The number of alkyl halides is 1. The quantitative estimate of drug-likeness (QED) is 0.379. The van der Waals surface area contributed by atoms with Gasteiger partial charge in [-0.2, -0.15) is 0 Å². The van der Waals surface area contributed by atoms with E-state index in [4.69, 9.17) is 12.2 Å². The van der Waals surface area contributed by atoms with Crippen molar-refractivity contribution in [1.82, 2.24) is 10.6 Å². The minimum atomic E-state index is -0.125. The van der Waals surface area contributed by atoms with Gasteiger partial charge in [-0.3, -0.25) is 0 Å². The molecule has 0 saturated heterocycles. The molecule has 0 aliphatic heterocycles. The van der Waals surface area contributed by atoms with Gasteiger partial charge in [-0.15, -0.1) is 0 Å². The van der Waals surface area contributed by atoms with Crippen LogP contribution in [0, 0.1) is 5.92 Å². The van der Waals surface area contributed by atoms with E-state index in [0.717, 1.165) is 17.3 Å². The van der Waals surface area contributed by atoms with Gasteiger partial charge >= 0.3 is 0 Å². The van der Waals surface area contributed by atoms with E-state index in [1.54, 1.807) is 0 Å². The monoisotopic (exact) mass is 432 g/mol. The standard InChI is InChI=1S/C17H25IN2OS/c1-16(2,3)19-15(22)20-17(10-13(17)8-9-21)14-7-5-4-6-12(14)11-18/h4-7,13,21H,8-11H2,1-3H3,(H2,19,20,22)/t13-,17+/m1/s1. The van der Waals surface area contributed by atoms with Gasteiger partial charge < -0.3 is 15.7 Å². The van der Waals surface area contributed by atoms with Crippen molar-refractivity contribution >= 4 is 39.9 Å². The molecule has 3 N–H and O–H groups in total. The maximum Gasteiger partial charge on any atom is 0.167 e. The van der Waals surface area contributed by atoms with E-state index < -0.39 is 0 Å². The summed E-state index contributed by atoms with van der Waals surface area (Å²) >= 11 is 7.93. The van der Waals surface area contributed by atoms with Gasteiger partial charge in [-0.25, -0.2) is 0 Å². The third-order valence-electron chi connectivity index (χ3n) is 4.05. The predicted molar refractivity (Wildman–Crippen MR) is 104 cm³/mol. The highest BCUT2D eigenvalue weighted by atomic mass is 127. The van der Waals surface area contributed by atoms with E-state index in [9.17, 15) is 5.11 Å². The predicted octanol–water partition coefficient (Wildman–Crippen LogP) is 3.48. The molecule has 0 radical (unpaired) electrons. The molecule has 1 aromatic rings. The number of nitrogens with one attached hydrogen (secondary N) is 2. The number of rotatable bonds is 5. The fourth-order valence-electron chi connectivity index (χ4n) is 3.03. The Morgan fingerprint density at radius 3 is 2.68 bits per heavy atom. The number of halogens is 1. The van der Waals surface area contributed by atoms with Crippen LogP contribution < -0.4 is 10.6 Å². The second kappa shape index (κ2) is 7.01. The molecular formula is C17H25IN2OS. The van der Waals surface area contributed by atoms with E-state index in [2.05, 4.69) is 78.3 Å². The number of hydrogen-bond donors (Lipinski definition) is 3. The number of benzene rings is 1. The molecule has 0 heterocycles. The van der Waals surface area contributed by atoms with Gasteiger partial charge in [0.1, 0.15) is 0 Å². The Kier molecular flexibility index (Phi) is 5.72. The lowest BCUT2D eigenvalue weighted by atomic mass is 9.96. The van der Waals surface area contributed by atoms with Gasteiger partial charge in [0, 0.05) is 16.6 Å². The summed E-state index contributed by atoms with van der Waals surface area (Å²) in [5, 5.41) is 16.9. The zero-order chi connectivity index (χ0) is 16.4. The first kappa shape index (κ1) is 17.9. The third-order valence-corrected chi connectivity index (χ3v) is 5.08. The number of aliphatic hydroxyl groups is 1. The molecule has 1 aromatic carbocycles. The zero-order valence-corrected chi connectivity index (χ0v) is 16.4. The molecule has 0 spiro atoms. The van der Waals surface area contributed by atoms with E-state index in [0.29, 0.717) is 11.0 Å². The molecule has 1 aliphatic carbocycles. The molecule has 5 heteroatoms. The van der Waals surface area contributed by atoms with Crippen molar-refractivity contribution < 1.29 is 5.11 Å². The highest BCUT2D eigenvalue weighted by Crippen LogP contribution is 2.54. The maximum atomic E-state index is 9.33. The van der Waals surface area contributed by atoms with Crippen molar-refractivity contribution in [1.29, 1.82) is 0 Å². The van der Waals surface area contributed by atoms with Crippen molar-refractivity contribution in [2.24, 2.45) is 5.92 Å². The molecule has 22 heavy (non-hydrogen) atoms. The summed E-state index contributed by atoms with van der Waals surface area (Å²) in [6, 6.07) is 8.54. The largest absolute Gasteiger partial charge is 0.396 e. The molecule has 0 amide bonds. The summed E-state index contributed by atoms with van der Waals surface area (Å²) in [4.78, 5) is 0. The van der Waals surface area contributed by atoms with Crippen molar-refractivity contribution in [3.8, 4) is 0 Å². The number of thiocarbonyl (C=S) groups is 1. The first-order valence-electron chi connectivity index (χ1n) is 7.68.